The van der Waals surface area contributed by atoms with Crippen LogP contribution < -0.4 is 0 Å². The van der Waals surface area contributed by atoms with E-state index in [1.165, 1.54) is 0 Å². The molecule has 0 saturated heterocycles. The van der Waals surface area contributed by atoms with Gasteiger partial charge in [-0.3, -0.25) is 0 Å². The molecule has 0 bridgehead atoms. The Morgan fingerprint density at radius 3 is 1.27 bits per heavy atom. The summed E-state index contributed by atoms with van der Waals surface area (Å²) in [6.07, 6.45) is -2.73. The molecule has 0 aliphatic rings. The van der Waals surface area contributed by atoms with Gasteiger partial charge in [0.2, 0.25) is 0 Å². The van der Waals surface area contributed by atoms with Gasteiger partial charge in [-0.2, -0.15) is 0 Å². The fraction of sp³-hybridized carbons (Fsp3) is 0.667. The highest BCUT2D eigenvalue weighted by Crippen LogP contribution is 2.04. The van der Waals surface area contributed by atoms with E-state index in [0.717, 1.165) is 0 Å². The molecule has 4 atom stereocenters. The minimum Gasteiger partial charge on any atom is -0.460 e. The first kappa shape index (κ1) is 27.6. The normalized spacial score (nSPS) is 14.6. The Hall–Kier alpha value is -2.39. The van der Waals surface area contributed by atoms with Crippen molar-refractivity contribution < 1.29 is 42.8 Å². The first-order valence-electron chi connectivity index (χ1n) is 9.68. The molecule has 0 aromatic heterocycles. The van der Waals surface area contributed by atoms with Gasteiger partial charge in [0.15, 0.2) is 0 Å². The van der Waals surface area contributed by atoms with Gasteiger partial charge < -0.3 is 28.4 Å². The number of ether oxygens (including phenoxy) is 6. The molecule has 0 aromatic carbocycles. The van der Waals surface area contributed by atoms with Crippen LogP contribution in [0, 0.1) is 0 Å². The zero-order valence-corrected chi connectivity index (χ0v) is 18.7. The summed E-state index contributed by atoms with van der Waals surface area (Å²) in [4.78, 5) is 34.5. The van der Waals surface area contributed by atoms with Gasteiger partial charge in [0.25, 0.3) is 0 Å². The molecular weight excluding hydrogens is 396 g/mol. The number of esters is 2. The van der Waals surface area contributed by atoms with Gasteiger partial charge in [-0.15, -0.1) is 0 Å². The first-order chi connectivity index (χ1) is 13.9. The van der Waals surface area contributed by atoms with Crippen LogP contribution >= 0.6 is 0 Å². The van der Waals surface area contributed by atoms with Crippen molar-refractivity contribution in [3.05, 3.63) is 24.3 Å². The van der Waals surface area contributed by atoms with E-state index in [4.69, 9.17) is 28.4 Å². The molecule has 0 N–H and O–H groups in total. The fourth-order valence-corrected chi connectivity index (χ4v) is 1.75. The molecule has 4 unspecified atom stereocenters. The van der Waals surface area contributed by atoms with E-state index < -0.39 is 30.3 Å². The molecule has 0 amide bonds. The number of rotatable bonds is 14. The predicted octanol–water partition coefficient (Wildman–Crippen LogP) is 2.97. The smallest absolute Gasteiger partial charge is 0.460 e. The minimum atomic E-state index is -0.857. The van der Waals surface area contributed by atoms with Crippen LogP contribution in [0.15, 0.2) is 24.3 Å². The molecule has 172 valence electrons. The van der Waals surface area contributed by atoms with Crippen LogP contribution in [-0.2, 0) is 38.0 Å². The van der Waals surface area contributed by atoms with Gasteiger partial charge in [0.1, 0.15) is 25.4 Å². The highest BCUT2D eigenvalue weighted by atomic mass is 16.7. The SMILES string of the molecule is C=C(C)C(=O)OCC(C)OCC(C)OC(=O)OC(C)COC(C)COC(=O)C(=C)C. The Morgan fingerprint density at radius 1 is 0.633 bits per heavy atom. The van der Waals surface area contributed by atoms with Gasteiger partial charge >= 0.3 is 18.1 Å². The zero-order chi connectivity index (χ0) is 23.3. The van der Waals surface area contributed by atoms with E-state index >= 15 is 0 Å². The molecule has 0 spiro atoms. The highest BCUT2D eigenvalue weighted by molar-refractivity contribution is 5.87. The molecule has 30 heavy (non-hydrogen) atoms. The van der Waals surface area contributed by atoms with E-state index in [2.05, 4.69) is 13.2 Å². The van der Waals surface area contributed by atoms with Crippen LogP contribution in [0.5, 0.6) is 0 Å². The van der Waals surface area contributed by atoms with Crippen molar-refractivity contribution in [2.75, 3.05) is 26.4 Å². The van der Waals surface area contributed by atoms with Gasteiger partial charge in [-0.05, 0) is 41.5 Å². The molecule has 0 aromatic rings. The Kier molecular flexibility index (Phi) is 13.4. The maximum Gasteiger partial charge on any atom is 0.508 e. The predicted molar refractivity (Wildman–Crippen MR) is 109 cm³/mol. The molecule has 9 nitrogen and oxygen atoms in total. The maximum absolute atomic E-state index is 11.8. The summed E-state index contributed by atoms with van der Waals surface area (Å²) >= 11 is 0. The van der Waals surface area contributed by atoms with Crippen LogP contribution in [0.2, 0.25) is 0 Å². The lowest BCUT2D eigenvalue weighted by Crippen LogP contribution is -2.29. The molecule has 0 heterocycles. The summed E-state index contributed by atoms with van der Waals surface area (Å²) in [6, 6.07) is 0. The number of carbonyl (C=O) groups is 3. The minimum absolute atomic E-state index is 0.0666. The summed E-state index contributed by atoms with van der Waals surface area (Å²) in [5.74, 6) is -0.976. The Bertz CT molecular complexity index is 549. The topological polar surface area (TPSA) is 107 Å². The lowest BCUT2D eigenvalue weighted by atomic mass is 10.3. The van der Waals surface area contributed by atoms with Crippen molar-refractivity contribution in [1.82, 2.24) is 0 Å². The average molecular weight is 430 g/mol. The molecule has 0 saturated carbocycles. The maximum atomic E-state index is 11.8. The Balaban J connectivity index is 4.01. The van der Waals surface area contributed by atoms with E-state index in [9.17, 15) is 14.4 Å². The van der Waals surface area contributed by atoms with E-state index in [1.54, 1.807) is 41.5 Å². The third-order valence-corrected chi connectivity index (χ3v) is 3.42. The summed E-state index contributed by atoms with van der Waals surface area (Å²) in [5, 5.41) is 0. The molecular formula is C21H34O9. The number of hydrogen-bond acceptors (Lipinski definition) is 9. The van der Waals surface area contributed by atoms with Crippen LogP contribution in [0.4, 0.5) is 4.79 Å². The van der Waals surface area contributed by atoms with Crippen LogP contribution in [0.25, 0.3) is 0 Å². The molecule has 0 fully saturated rings. The monoisotopic (exact) mass is 430 g/mol. The van der Waals surface area contributed by atoms with E-state index in [-0.39, 0.29) is 38.6 Å². The van der Waals surface area contributed by atoms with Gasteiger partial charge in [0, 0.05) is 11.1 Å². The van der Waals surface area contributed by atoms with Gasteiger partial charge in [-0.25, -0.2) is 14.4 Å². The largest absolute Gasteiger partial charge is 0.508 e. The van der Waals surface area contributed by atoms with Crippen molar-refractivity contribution in [1.29, 1.82) is 0 Å². The molecule has 0 rings (SSSR count). The third-order valence-electron chi connectivity index (χ3n) is 3.42. The average Bonchev–Trinajstić information content (AvgIpc) is 2.66. The number of carbonyl (C=O) groups excluding carboxylic acids is 3. The summed E-state index contributed by atoms with van der Waals surface area (Å²) in [5.41, 5.74) is 0.615. The second kappa shape index (κ2) is 14.6. The van der Waals surface area contributed by atoms with Crippen LogP contribution in [0.1, 0.15) is 41.5 Å². The Morgan fingerprint density at radius 2 is 0.967 bits per heavy atom. The second-order valence-electron chi connectivity index (χ2n) is 7.15. The second-order valence-corrected chi connectivity index (χ2v) is 7.15. The van der Waals surface area contributed by atoms with Crippen LogP contribution in [-0.4, -0.2) is 68.9 Å². The van der Waals surface area contributed by atoms with E-state index in [1.807, 2.05) is 0 Å². The van der Waals surface area contributed by atoms with Crippen molar-refractivity contribution in [2.45, 2.75) is 66.0 Å². The molecule has 9 heteroatoms. The first-order valence-corrected chi connectivity index (χ1v) is 9.68. The van der Waals surface area contributed by atoms with Crippen molar-refractivity contribution in [3.8, 4) is 0 Å². The standard InChI is InChI=1S/C21H34O9/c1-13(2)19(22)27-9-15(5)25-11-17(7)29-21(24)30-18(8)12-26-16(6)10-28-20(23)14(3)4/h15-18H,1,3,9-12H2,2,4-8H3. The third kappa shape index (κ3) is 13.7. The summed E-state index contributed by atoms with van der Waals surface area (Å²) in [6.45, 7) is 17.2. The van der Waals surface area contributed by atoms with Crippen molar-refractivity contribution >= 4 is 18.1 Å². The van der Waals surface area contributed by atoms with Crippen LogP contribution in [0.3, 0.4) is 0 Å². The number of hydrogen-bond donors (Lipinski definition) is 0. The Labute approximate surface area is 178 Å². The fourth-order valence-electron chi connectivity index (χ4n) is 1.75. The van der Waals surface area contributed by atoms with Gasteiger partial charge in [-0.1, -0.05) is 13.2 Å². The molecule has 0 aliphatic carbocycles. The van der Waals surface area contributed by atoms with Crippen molar-refractivity contribution in [3.63, 3.8) is 0 Å². The molecule has 0 radical (unpaired) electrons. The summed E-state index contributed by atoms with van der Waals surface area (Å²) < 4.78 is 31.1. The lowest BCUT2D eigenvalue weighted by Gasteiger charge is -2.20. The summed E-state index contributed by atoms with van der Waals surface area (Å²) in [7, 11) is 0. The molecule has 0 aliphatic heterocycles. The zero-order valence-electron chi connectivity index (χ0n) is 18.7. The quantitative estimate of drug-likeness (QED) is 0.233. The van der Waals surface area contributed by atoms with E-state index in [0.29, 0.717) is 11.1 Å². The lowest BCUT2D eigenvalue weighted by molar-refractivity contribution is -0.143. The highest BCUT2D eigenvalue weighted by Gasteiger charge is 2.17. The van der Waals surface area contributed by atoms with Crippen molar-refractivity contribution in [2.24, 2.45) is 0 Å². The van der Waals surface area contributed by atoms with Gasteiger partial charge in [0.05, 0.1) is 25.4 Å².